The summed E-state index contributed by atoms with van der Waals surface area (Å²) in [5.74, 6) is 2.18. The molecule has 6 aromatic rings. The summed E-state index contributed by atoms with van der Waals surface area (Å²) >= 11 is 3.20. The van der Waals surface area contributed by atoms with Crippen molar-refractivity contribution in [2.45, 2.75) is 103 Å². The molecule has 0 bridgehead atoms. The second kappa shape index (κ2) is 17.2. The van der Waals surface area contributed by atoms with E-state index in [9.17, 15) is 23.1 Å². The molecule has 2 aromatic carbocycles. The normalized spacial score (nSPS) is 20.0. The Morgan fingerprint density at radius 1 is 0.750 bits per heavy atom. The lowest BCUT2D eigenvalue weighted by Crippen LogP contribution is -2.73. The zero-order valence-electron chi connectivity index (χ0n) is 38.2. The lowest BCUT2D eigenvalue weighted by Gasteiger charge is -2.55. The van der Waals surface area contributed by atoms with Crippen molar-refractivity contribution in [3.05, 3.63) is 80.1 Å². The van der Waals surface area contributed by atoms with Crippen molar-refractivity contribution in [2.24, 2.45) is 21.8 Å². The van der Waals surface area contributed by atoms with Gasteiger partial charge in [-0.15, -0.1) is 22.7 Å². The molecule has 0 radical (unpaired) electrons. The number of nitrogens with zero attached hydrogens (tertiary/aromatic N) is 7. The molecule has 12 rings (SSSR count). The highest BCUT2D eigenvalue weighted by Gasteiger charge is 2.61. The van der Waals surface area contributed by atoms with Crippen LogP contribution in [0.1, 0.15) is 90.1 Å². The van der Waals surface area contributed by atoms with Crippen molar-refractivity contribution < 1.29 is 32.6 Å². The molecule has 16 nitrogen and oxygen atoms in total. The molecule has 2 fully saturated rings. The summed E-state index contributed by atoms with van der Waals surface area (Å²) in [6.07, 6.45) is 11.7. The smallest absolute Gasteiger partial charge is 0.306 e. The van der Waals surface area contributed by atoms with Crippen LogP contribution in [-0.4, -0.2) is 98.5 Å². The minimum Gasteiger partial charge on any atom is -0.489 e. The van der Waals surface area contributed by atoms with E-state index in [1.54, 1.807) is 40.2 Å². The number of aromatic nitrogens is 4. The third kappa shape index (κ3) is 7.94. The van der Waals surface area contributed by atoms with Crippen LogP contribution in [0.15, 0.2) is 46.9 Å². The number of sulfone groups is 1. The number of fused-ring (bicyclic) bond motifs is 8. The second-order valence-electron chi connectivity index (χ2n) is 19.1. The quantitative estimate of drug-likeness (QED) is 0.119. The first kappa shape index (κ1) is 44.5. The number of rotatable bonds is 10. The van der Waals surface area contributed by atoms with Gasteiger partial charge in [0.1, 0.15) is 50.2 Å². The predicted octanol–water partition coefficient (Wildman–Crippen LogP) is 8.00. The zero-order chi connectivity index (χ0) is 47.1. The van der Waals surface area contributed by atoms with E-state index in [1.807, 2.05) is 46.2 Å². The number of anilines is 4. The summed E-state index contributed by atoms with van der Waals surface area (Å²) in [6, 6.07) is 8.21. The lowest BCUT2D eigenvalue weighted by molar-refractivity contribution is -0.142. The Bertz CT molecular complexity index is 3230. The van der Waals surface area contributed by atoms with Crippen molar-refractivity contribution in [1.82, 2.24) is 24.8 Å². The highest BCUT2D eigenvalue weighted by atomic mass is 32.2. The van der Waals surface area contributed by atoms with Crippen LogP contribution >= 0.6 is 22.7 Å². The van der Waals surface area contributed by atoms with E-state index in [-0.39, 0.29) is 35.7 Å². The van der Waals surface area contributed by atoms with Crippen molar-refractivity contribution in [3.63, 3.8) is 0 Å². The number of carboxylic acids is 1. The van der Waals surface area contributed by atoms with E-state index in [4.69, 9.17) is 9.47 Å². The average Bonchev–Trinajstić information content (AvgIpc) is 4.10. The Labute approximate surface area is 401 Å². The molecule has 6 aliphatic rings. The molecule has 8 heterocycles. The number of ether oxygens (including phenoxy) is 2. The molecule has 4 aliphatic heterocycles. The van der Waals surface area contributed by atoms with E-state index in [0.717, 1.165) is 101 Å². The number of carbonyl (C=O) groups is 2. The number of likely N-dealkylation sites (tertiary alicyclic amines) is 1. The van der Waals surface area contributed by atoms with Crippen molar-refractivity contribution in [2.75, 3.05) is 29.5 Å². The Morgan fingerprint density at radius 2 is 1.25 bits per heavy atom. The number of amides is 1. The third-order valence-electron chi connectivity index (χ3n) is 13.8. The van der Waals surface area contributed by atoms with Crippen molar-refractivity contribution in [1.29, 1.82) is 0 Å². The zero-order valence-corrected chi connectivity index (χ0v) is 40.6. The monoisotopic (exact) mass is 973 g/mol. The molecule has 3 N–H and O–H groups in total. The van der Waals surface area contributed by atoms with Crippen LogP contribution in [0.5, 0.6) is 11.5 Å². The molecule has 1 amide bonds. The van der Waals surface area contributed by atoms with Gasteiger partial charge >= 0.3 is 5.97 Å². The number of nitrogens with one attached hydrogen (secondary N) is 2. The SMILES string of the molecule is CC(C)Oc1cc2c(cc1Nc1ncnc3sc4c(c13)CCC(C(=O)N1CC3(CCS3(=O)=O)C1)C4)C=NC2.CC(C)Oc1cc2c(cc1Nc1ncnc3sc4c(c13)CCC(C(=O)O)C4)C=NC2. The first-order chi connectivity index (χ1) is 32.7. The molecule has 352 valence electrons. The van der Waals surface area contributed by atoms with E-state index >= 15 is 0 Å². The van der Waals surface area contributed by atoms with E-state index < -0.39 is 20.6 Å². The summed E-state index contributed by atoms with van der Waals surface area (Å²) < 4.78 is 35.8. The van der Waals surface area contributed by atoms with Gasteiger partial charge in [0.25, 0.3) is 0 Å². The molecule has 1 spiro atoms. The molecule has 4 aromatic heterocycles. The number of benzene rings is 2. The molecular weight excluding hydrogens is 923 g/mol. The van der Waals surface area contributed by atoms with E-state index in [1.165, 1.54) is 16.0 Å². The van der Waals surface area contributed by atoms with Crippen LogP contribution in [0.25, 0.3) is 20.4 Å². The maximum atomic E-state index is 13.2. The number of hydrogen-bond donors (Lipinski definition) is 3. The Balaban J connectivity index is 0.000000153. The molecule has 19 heteroatoms. The maximum Gasteiger partial charge on any atom is 0.306 e. The van der Waals surface area contributed by atoms with Gasteiger partial charge in [0.15, 0.2) is 9.84 Å². The van der Waals surface area contributed by atoms with Crippen LogP contribution in [0.4, 0.5) is 23.0 Å². The van der Waals surface area contributed by atoms with Crippen LogP contribution in [0, 0.1) is 11.8 Å². The highest BCUT2D eigenvalue weighted by Crippen LogP contribution is 2.46. The van der Waals surface area contributed by atoms with Gasteiger partial charge in [-0.1, -0.05) is 0 Å². The highest BCUT2D eigenvalue weighted by molar-refractivity contribution is 7.94. The largest absolute Gasteiger partial charge is 0.489 e. The summed E-state index contributed by atoms with van der Waals surface area (Å²) in [5, 5.41) is 18.4. The van der Waals surface area contributed by atoms with Gasteiger partial charge in [-0.2, -0.15) is 0 Å². The number of carboxylic acid groups (broad SMARTS) is 1. The van der Waals surface area contributed by atoms with Gasteiger partial charge < -0.3 is 30.1 Å². The summed E-state index contributed by atoms with van der Waals surface area (Å²) in [4.78, 5) is 57.4. The molecule has 2 unspecified atom stereocenters. The predicted molar refractivity (Wildman–Crippen MR) is 265 cm³/mol. The van der Waals surface area contributed by atoms with Gasteiger partial charge in [0, 0.05) is 41.2 Å². The molecule has 68 heavy (non-hydrogen) atoms. The molecule has 0 saturated carbocycles. The van der Waals surface area contributed by atoms with E-state index in [0.29, 0.717) is 51.9 Å². The maximum absolute atomic E-state index is 13.2. The fourth-order valence-electron chi connectivity index (χ4n) is 10.2. The number of hydrogen-bond acceptors (Lipinski definition) is 16. The molecule has 2 atom stereocenters. The van der Waals surface area contributed by atoms with Gasteiger partial charge in [-0.25, -0.2) is 28.4 Å². The summed E-state index contributed by atoms with van der Waals surface area (Å²) in [7, 11) is -3.02. The fraction of sp³-hybridized carbons (Fsp3) is 0.429. The van der Waals surface area contributed by atoms with Crippen molar-refractivity contribution in [3.8, 4) is 11.5 Å². The van der Waals surface area contributed by atoms with Gasteiger partial charge in [-0.05, 0) is 130 Å². The molecule has 2 saturated heterocycles. The first-order valence-corrected chi connectivity index (χ1v) is 26.5. The number of aliphatic imine (C=N–C) groups is 2. The Hall–Kier alpha value is -6.05. The van der Waals surface area contributed by atoms with Gasteiger partial charge in [0.2, 0.25) is 5.91 Å². The molecule has 2 aliphatic carbocycles. The fourth-order valence-corrected chi connectivity index (χ4v) is 14.6. The summed E-state index contributed by atoms with van der Waals surface area (Å²) in [6.45, 7) is 10.1. The Kier molecular flexibility index (Phi) is 11.2. The number of thiophene rings is 2. The number of carbonyl (C=O) groups excluding carboxylic acids is 1. The average molecular weight is 974 g/mol. The van der Waals surface area contributed by atoms with Crippen LogP contribution in [-0.2, 0) is 58.2 Å². The topological polar surface area (TPSA) is 211 Å². The Morgan fingerprint density at radius 3 is 1.71 bits per heavy atom. The second-order valence-corrected chi connectivity index (χ2v) is 23.8. The van der Waals surface area contributed by atoms with Crippen LogP contribution < -0.4 is 20.1 Å². The minimum atomic E-state index is -3.02. The lowest BCUT2D eigenvalue weighted by atomic mass is 9.85. The van der Waals surface area contributed by atoms with Crippen LogP contribution in [0.2, 0.25) is 0 Å². The number of aliphatic carboxylic acids is 1. The number of aryl methyl sites for hydroxylation is 2. The van der Waals surface area contributed by atoms with Crippen molar-refractivity contribution >= 4 is 100 Å². The molecular formula is C49H51N9O7S3. The van der Waals surface area contributed by atoms with Gasteiger partial charge in [-0.3, -0.25) is 19.6 Å². The minimum absolute atomic E-state index is 0.0235. The standard InChI is InChI=1S/C27H29N5O4S2.C22H22N4O3S/c1-15(2)36-21-8-18-11-28-10-17(18)7-20(21)31-24-23-19-4-3-16(9-22(19)37-25(23)30-14-29-24)26(33)32-12-27(13-32)5-6-38(27,34)35;1-11(2)29-17-6-14-9-23-8-13(14)5-16(17)26-20-19-15-4-3-12(22(27)28)7-18(15)30-21(19)25-10-24-20/h7-8,10,14-16H,3-6,9,11-13H2,1-2H3,(H,29,30,31);5-6,8,10-12H,3-4,7,9H2,1-2H3,(H,27,28)(H,24,25,26). The summed E-state index contributed by atoms with van der Waals surface area (Å²) in [5.41, 5.74) is 8.50. The first-order valence-electron chi connectivity index (χ1n) is 23.2. The van der Waals surface area contributed by atoms with Gasteiger partial charge in [0.05, 0.1) is 59.1 Å². The van der Waals surface area contributed by atoms with Crippen LogP contribution in [0.3, 0.4) is 0 Å². The van der Waals surface area contributed by atoms with E-state index in [2.05, 4.69) is 58.8 Å². The third-order valence-corrected chi connectivity index (χ3v) is 18.7.